The highest BCUT2D eigenvalue weighted by Gasteiger charge is 2.33. The van der Waals surface area contributed by atoms with Crippen molar-refractivity contribution in [3.05, 3.63) is 28.2 Å². The zero-order chi connectivity index (χ0) is 12.5. The lowest BCUT2D eigenvalue weighted by Crippen LogP contribution is -2.37. The molecule has 2 aliphatic rings. The standard InChI is InChI=1S/C14H17BrO3/c15-10-3-4-13-11(6-10)12(16)7-14(18-13)9-2-1-5-17-8-9/h3-4,6,9,12,14,16H,1-2,5,7-8H2/t9?,12-,14?/m1/s1. The summed E-state index contributed by atoms with van der Waals surface area (Å²) in [7, 11) is 0. The van der Waals surface area contributed by atoms with Crippen molar-refractivity contribution in [3.8, 4) is 5.75 Å². The summed E-state index contributed by atoms with van der Waals surface area (Å²) in [6.45, 7) is 1.61. The van der Waals surface area contributed by atoms with Crippen LogP contribution in [0.15, 0.2) is 22.7 Å². The number of rotatable bonds is 1. The SMILES string of the molecule is O[C@@H]1CC(C2CCCOC2)Oc2ccc(Br)cc21. The Morgan fingerprint density at radius 1 is 1.33 bits per heavy atom. The fraction of sp³-hybridized carbons (Fsp3) is 0.571. The molecule has 1 N–H and O–H groups in total. The van der Waals surface area contributed by atoms with Crippen molar-refractivity contribution >= 4 is 15.9 Å². The van der Waals surface area contributed by atoms with E-state index in [1.54, 1.807) is 0 Å². The summed E-state index contributed by atoms with van der Waals surface area (Å²) in [5.41, 5.74) is 0.886. The zero-order valence-electron chi connectivity index (χ0n) is 10.1. The Balaban J connectivity index is 1.80. The molecule has 0 bridgehead atoms. The highest BCUT2D eigenvalue weighted by molar-refractivity contribution is 9.10. The Morgan fingerprint density at radius 3 is 3.00 bits per heavy atom. The molecule has 3 nitrogen and oxygen atoms in total. The molecule has 0 saturated carbocycles. The molecule has 18 heavy (non-hydrogen) atoms. The predicted molar refractivity (Wildman–Crippen MR) is 71.7 cm³/mol. The highest BCUT2D eigenvalue weighted by Crippen LogP contribution is 2.39. The van der Waals surface area contributed by atoms with E-state index in [0.717, 1.165) is 41.8 Å². The van der Waals surface area contributed by atoms with Crippen LogP contribution in [0, 0.1) is 5.92 Å². The molecule has 3 atom stereocenters. The smallest absolute Gasteiger partial charge is 0.125 e. The second kappa shape index (κ2) is 5.19. The van der Waals surface area contributed by atoms with Crippen LogP contribution >= 0.6 is 15.9 Å². The van der Waals surface area contributed by atoms with Crippen LogP contribution in [-0.4, -0.2) is 24.4 Å². The molecule has 1 aromatic rings. The van der Waals surface area contributed by atoms with E-state index < -0.39 is 6.10 Å². The predicted octanol–water partition coefficient (Wildman–Crippen LogP) is 3.06. The van der Waals surface area contributed by atoms with Crippen LogP contribution in [0.4, 0.5) is 0 Å². The minimum Gasteiger partial charge on any atom is -0.490 e. The number of benzene rings is 1. The van der Waals surface area contributed by atoms with Gasteiger partial charge in [-0.1, -0.05) is 15.9 Å². The molecule has 0 spiro atoms. The second-order valence-corrected chi connectivity index (χ2v) is 5.98. The van der Waals surface area contributed by atoms with E-state index >= 15 is 0 Å². The van der Waals surface area contributed by atoms with Gasteiger partial charge in [0.05, 0.1) is 12.7 Å². The Kier molecular flexibility index (Phi) is 3.59. The molecule has 0 aromatic heterocycles. The van der Waals surface area contributed by atoms with Crippen LogP contribution in [0.25, 0.3) is 0 Å². The monoisotopic (exact) mass is 312 g/mol. The summed E-state index contributed by atoms with van der Waals surface area (Å²) in [5, 5.41) is 10.2. The van der Waals surface area contributed by atoms with Gasteiger partial charge in [0.25, 0.3) is 0 Å². The first-order valence-corrected chi connectivity index (χ1v) is 7.25. The number of halogens is 1. The molecule has 98 valence electrons. The van der Waals surface area contributed by atoms with Gasteiger partial charge in [-0.25, -0.2) is 0 Å². The van der Waals surface area contributed by atoms with Crippen molar-refractivity contribution in [1.82, 2.24) is 0 Å². The van der Waals surface area contributed by atoms with Gasteiger partial charge in [-0.05, 0) is 31.0 Å². The average molecular weight is 313 g/mol. The van der Waals surface area contributed by atoms with Gasteiger partial charge in [0, 0.05) is 29.0 Å². The van der Waals surface area contributed by atoms with Crippen LogP contribution in [-0.2, 0) is 4.74 Å². The van der Waals surface area contributed by atoms with Gasteiger partial charge in [-0.2, -0.15) is 0 Å². The summed E-state index contributed by atoms with van der Waals surface area (Å²) < 4.78 is 12.5. The molecule has 1 fully saturated rings. The van der Waals surface area contributed by atoms with E-state index in [0.29, 0.717) is 12.3 Å². The van der Waals surface area contributed by atoms with Gasteiger partial charge < -0.3 is 14.6 Å². The fourth-order valence-corrected chi connectivity index (χ4v) is 3.17. The lowest BCUT2D eigenvalue weighted by atomic mass is 9.88. The minimum absolute atomic E-state index is 0.0778. The van der Waals surface area contributed by atoms with Crippen LogP contribution in [0.3, 0.4) is 0 Å². The van der Waals surface area contributed by atoms with Crippen molar-refractivity contribution in [2.24, 2.45) is 5.92 Å². The van der Waals surface area contributed by atoms with Gasteiger partial charge in [-0.15, -0.1) is 0 Å². The van der Waals surface area contributed by atoms with Gasteiger partial charge in [0.15, 0.2) is 0 Å². The normalized spacial score (nSPS) is 31.6. The summed E-state index contributed by atoms with van der Waals surface area (Å²) in [4.78, 5) is 0. The number of fused-ring (bicyclic) bond motifs is 1. The molecule has 1 saturated heterocycles. The first kappa shape index (κ1) is 12.5. The van der Waals surface area contributed by atoms with Gasteiger partial charge >= 0.3 is 0 Å². The molecule has 1 aromatic carbocycles. The number of hydrogen-bond acceptors (Lipinski definition) is 3. The van der Waals surface area contributed by atoms with E-state index in [1.807, 2.05) is 18.2 Å². The van der Waals surface area contributed by atoms with Gasteiger partial charge in [0.2, 0.25) is 0 Å². The van der Waals surface area contributed by atoms with Crippen LogP contribution in [0.2, 0.25) is 0 Å². The maximum Gasteiger partial charge on any atom is 0.125 e. The summed E-state index contributed by atoms with van der Waals surface area (Å²) in [6.07, 6.45) is 2.53. The van der Waals surface area contributed by atoms with E-state index in [2.05, 4.69) is 15.9 Å². The van der Waals surface area contributed by atoms with Crippen molar-refractivity contribution in [2.45, 2.75) is 31.5 Å². The van der Waals surface area contributed by atoms with Crippen LogP contribution in [0.5, 0.6) is 5.75 Å². The van der Waals surface area contributed by atoms with E-state index in [4.69, 9.17) is 9.47 Å². The molecule has 0 radical (unpaired) electrons. The maximum absolute atomic E-state index is 10.2. The Morgan fingerprint density at radius 2 is 2.22 bits per heavy atom. The van der Waals surface area contributed by atoms with Crippen LogP contribution < -0.4 is 4.74 Å². The third kappa shape index (κ3) is 2.42. The van der Waals surface area contributed by atoms with Crippen molar-refractivity contribution in [1.29, 1.82) is 0 Å². The van der Waals surface area contributed by atoms with Crippen molar-refractivity contribution in [2.75, 3.05) is 13.2 Å². The first-order valence-electron chi connectivity index (χ1n) is 6.46. The lowest BCUT2D eigenvalue weighted by molar-refractivity contribution is -0.0286. The van der Waals surface area contributed by atoms with E-state index in [-0.39, 0.29) is 6.10 Å². The lowest BCUT2D eigenvalue weighted by Gasteiger charge is -2.36. The minimum atomic E-state index is -0.432. The number of aliphatic hydroxyl groups excluding tert-OH is 1. The second-order valence-electron chi connectivity index (χ2n) is 5.07. The summed E-state index contributed by atoms with van der Waals surface area (Å²) >= 11 is 3.42. The molecule has 0 aliphatic carbocycles. The fourth-order valence-electron chi connectivity index (χ4n) is 2.79. The van der Waals surface area contributed by atoms with Gasteiger partial charge in [0.1, 0.15) is 11.9 Å². The Bertz CT molecular complexity index is 429. The van der Waals surface area contributed by atoms with E-state index in [9.17, 15) is 5.11 Å². The first-order chi connectivity index (χ1) is 8.74. The summed E-state index contributed by atoms with van der Waals surface area (Å²) in [5.74, 6) is 1.22. The average Bonchev–Trinajstić information content (AvgIpc) is 2.40. The third-order valence-electron chi connectivity index (χ3n) is 3.79. The zero-order valence-corrected chi connectivity index (χ0v) is 11.7. The number of ether oxygens (including phenoxy) is 2. The van der Waals surface area contributed by atoms with Crippen molar-refractivity contribution < 1.29 is 14.6 Å². The summed E-state index contributed by atoms with van der Waals surface area (Å²) in [6, 6.07) is 5.82. The quantitative estimate of drug-likeness (QED) is 0.866. The van der Waals surface area contributed by atoms with Crippen molar-refractivity contribution in [3.63, 3.8) is 0 Å². The number of hydrogen-bond donors (Lipinski definition) is 1. The molecule has 0 amide bonds. The third-order valence-corrected chi connectivity index (χ3v) is 4.28. The van der Waals surface area contributed by atoms with E-state index in [1.165, 1.54) is 0 Å². The number of aliphatic hydroxyl groups is 1. The molecule has 4 heteroatoms. The van der Waals surface area contributed by atoms with Gasteiger partial charge in [-0.3, -0.25) is 0 Å². The molecular formula is C14H17BrO3. The van der Waals surface area contributed by atoms with Crippen LogP contribution in [0.1, 0.15) is 30.9 Å². The highest BCUT2D eigenvalue weighted by atomic mass is 79.9. The Labute approximate surface area is 115 Å². The molecule has 2 aliphatic heterocycles. The molecule has 3 rings (SSSR count). The molecule has 2 heterocycles. The maximum atomic E-state index is 10.2. The Hall–Kier alpha value is -0.580. The topological polar surface area (TPSA) is 38.7 Å². The largest absolute Gasteiger partial charge is 0.490 e. The molecular weight excluding hydrogens is 296 g/mol. The molecule has 2 unspecified atom stereocenters.